The van der Waals surface area contributed by atoms with Gasteiger partial charge in [0, 0.05) is 50.1 Å². The molecule has 0 spiro atoms. The molecule has 6 heteroatoms. The normalized spacial score (nSPS) is 12.9. The van der Waals surface area contributed by atoms with Gasteiger partial charge in [-0.25, -0.2) is 0 Å². The van der Waals surface area contributed by atoms with Crippen LogP contribution in [-0.4, -0.2) is 5.84 Å². The third-order valence-corrected chi connectivity index (χ3v) is 9.38. The maximum atomic E-state index is 12.0. The molecule has 0 atom stereocenters. The van der Waals surface area contributed by atoms with Crippen molar-refractivity contribution in [1.29, 1.82) is 0 Å². The molecule has 0 saturated heterocycles. The third kappa shape index (κ3) is 7.77. The largest absolute Gasteiger partial charge is 0.657 e. The Balaban J connectivity index is 0.000000261. The minimum Gasteiger partial charge on any atom is -0.657 e. The maximum Gasteiger partial charge on any atom is 0.190 e. The maximum absolute atomic E-state index is 12.0. The molecule has 6 aromatic rings. The molecule has 1 aliphatic heterocycles. The van der Waals surface area contributed by atoms with Gasteiger partial charge in [-0.2, -0.15) is 5.10 Å². The summed E-state index contributed by atoms with van der Waals surface area (Å²) in [5.74, 6) is 2.56. The van der Waals surface area contributed by atoms with Crippen LogP contribution in [0, 0.1) is 6.67 Å². The number of fused-ring (bicyclic) bond motifs is 2. The Kier molecular flexibility index (Phi) is 12.1. The zero-order valence-corrected chi connectivity index (χ0v) is 33.0. The number of hydrogen-bond donors (Lipinski definition) is 0. The summed E-state index contributed by atoms with van der Waals surface area (Å²) < 4.78 is 0. The van der Waals surface area contributed by atoms with Crippen LogP contribution >= 0.6 is 0 Å². The van der Waals surface area contributed by atoms with Crippen LogP contribution in [-0.2, 0) is 22.4 Å². The number of rotatable bonds is 7. The fraction of sp³-hybridized carbons (Fsp3) is 0.267. The minimum absolute atomic E-state index is 0. The van der Waals surface area contributed by atoms with Crippen molar-refractivity contribution in [2.75, 3.05) is 9.91 Å². The Labute approximate surface area is 318 Å². The first-order valence-corrected chi connectivity index (χ1v) is 17.8. The standard InChI is InChI=1S/C32H40N3.C13H9NO.Au/c1-21(2)26-16-12-17-27(22(3)4)30(26)34-20-35(33-32(34)25-14-10-9-11-15-25)31-28(23(5)6)18-13-19-29(31)24(7)8;15-13-9-5-1-3-7-11(9)14-12-8-4-2-6-10(12)13;/h9-24H,1-8H3;1-8H,(H,14,15);/q-1;;/p-1. The van der Waals surface area contributed by atoms with E-state index in [1.54, 1.807) is 0 Å². The average Bonchev–Trinajstić information content (AvgIpc) is 3.56. The summed E-state index contributed by atoms with van der Waals surface area (Å²) in [6.45, 7) is 20.4. The Morgan fingerprint density at radius 2 is 0.941 bits per heavy atom. The van der Waals surface area contributed by atoms with Crippen LogP contribution in [0.5, 0.6) is 0 Å². The molecule has 5 aromatic carbocycles. The van der Waals surface area contributed by atoms with E-state index < -0.39 is 0 Å². The minimum atomic E-state index is 0. The molecule has 0 aliphatic carbocycles. The van der Waals surface area contributed by atoms with Crippen molar-refractivity contribution in [1.82, 2.24) is 4.98 Å². The molecule has 7 rings (SSSR count). The van der Waals surface area contributed by atoms with Gasteiger partial charge in [0.05, 0.1) is 0 Å². The van der Waals surface area contributed by atoms with Gasteiger partial charge in [-0.05, 0) is 45.9 Å². The number of pyridine rings is 1. The van der Waals surface area contributed by atoms with Crippen LogP contribution in [0.4, 0.5) is 11.4 Å². The Hall–Kier alpha value is -4.42. The van der Waals surface area contributed by atoms with E-state index in [0.29, 0.717) is 34.4 Å². The van der Waals surface area contributed by atoms with E-state index >= 15 is 0 Å². The molecule has 0 N–H and O–H groups in total. The van der Waals surface area contributed by atoms with Crippen LogP contribution in [0.1, 0.15) is 107 Å². The molecule has 51 heavy (non-hydrogen) atoms. The predicted molar refractivity (Wildman–Crippen MR) is 213 cm³/mol. The summed E-state index contributed by atoms with van der Waals surface area (Å²) in [6.07, 6.45) is 0. The molecule has 1 radical (unpaired) electrons. The van der Waals surface area contributed by atoms with Crippen molar-refractivity contribution < 1.29 is 22.4 Å². The van der Waals surface area contributed by atoms with Gasteiger partial charge in [0.15, 0.2) is 5.43 Å². The first kappa shape index (κ1) is 37.8. The van der Waals surface area contributed by atoms with Crippen molar-refractivity contribution in [3.05, 3.63) is 160 Å². The smallest absolute Gasteiger partial charge is 0.190 e. The fourth-order valence-electron chi connectivity index (χ4n) is 6.76. The molecular weight excluding hydrogens is 809 g/mol. The number of hydrogen-bond acceptors (Lipinski definition) is 4. The van der Waals surface area contributed by atoms with E-state index in [0.717, 1.165) is 22.4 Å². The topological polar surface area (TPSA) is 50.0 Å². The van der Waals surface area contributed by atoms with E-state index in [1.807, 2.05) is 48.5 Å². The molecule has 0 unspecified atom stereocenters. The molecule has 2 heterocycles. The molecule has 1 aromatic heterocycles. The third-order valence-electron chi connectivity index (χ3n) is 9.38. The van der Waals surface area contributed by atoms with Crippen LogP contribution in [0.3, 0.4) is 0 Å². The molecule has 0 bridgehead atoms. The van der Waals surface area contributed by atoms with Gasteiger partial charge in [-0.3, -0.25) is 4.79 Å². The fourth-order valence-corrected chi connectivity index (χ4v) is 6.76. The number of nitrogens with zero attached hydrogens (tertiary/aromatic N) is 4. The zero-order chi connectivity index (χ0) is 35.5. The summed E-state index contributed by atoms with van der Waals surface area (Å²) in [5, 5.41) is 8.81. The zero-order valence-electron chi connectivity index (χ0n) is 30.9. The first-order valence-electron chi connectivity index (χ1n) is 17.8. The van der Waals surface area contributed by atoms with Gasteiger partial charge in [-0.15, -0.1) is 17.7 Å². The predicted octanol–water partition coefficient (Wildman–Crippen LogP) is 11.3. The van der Waals surface area contributed by atoms with Crippen LogP contribution in [0.15, 0.2) is 125 Å². The molecule has 267 valence electrons. The monoisotopic (exact) mass is 857 g/mol. The molecule has 0 saturated carbocycles. The average molecular weight is 858 g/mol. The van der Waals surface area contributed by atoms with Crippen molar-refractivity contribution in [3.8, 4) is 0 Å². The molecule has 0 amide bonds. The molecule has 0 fully saturated rings. The second-order valence-corrected chi connectivity index (χ2v) is 14.3. The summed E-state index contributed by atoms with van der Waals surface area (Å²) >= 11 is 0. The number of benzene rings is 5. The second-order valence-electron chi connectivity index (χ2n) is 14.3. The summed E-state index contributed by atoms with van der Waals surface area (Å²) in [6, 6.07) is 38.9. The Morgan fingerprint density at radius 1 is 0.529 bits per heavy atom. The van der Waals surface area contributed by atoms with Crippen LogP contribution in [0.2, 0.25) is 0 Å². The van der Waals surface area contributed by atoms with E-state index in [-0.39, 0.29) is 27.8 Å². The molecule has 5 nitrogen and oxygen atoms in total. The number of amidine groups is 1. The van der Waals surface area contributed by atoms with E-state index in [2.05, 4.69) is 144 Å². The van der Waals surface area contributed by atoms with Gasteiger partial charge in [0.2, 0.25) is 0 Å². The van der Waals surface area contributed by atoms with Gasteiger partial charge >= 0.3 is 0 Å². The van der Waals surface area contributed by atoms with E-state index in [1.165, 1.54) is 33.6 Å². The van der Waals surface area contributed by atoms with Crippen molar-refractivity contribution in [3.63, 3.8) is 0 Å². The Morgan fingerprint density at radius 3 is 1.39 bits per heavy atom. The SMILES string of the molecule is CC(C)c1cccc(C(C)C)c1N1[CH-]N(c2c(C(C)C)cccc2C(C)C)C(c2ccccc2)=N1.O=c1c2ccccc2[n-]c2ccccc12.[Au]. The van der Waals surface area contributed by atoms with Gasteiger partial charge in [0.1, 0.15) is 5.84 Å². The van der Waals surface area contributed by atoms with Gasteiger partial charge in [0.25, 0.3) is 0 Å². The first-order chi connectivity index (χ1) is 24.1. The quantitative estimate of drug-likeness (QED) is 0.0912. The van der Waals surface area contributed by atoms with Gasteiger partial charge < -0.3 is 14.9 Å². The molecule has 1 aliphatic rings. The van der Waals surface area contributed by atoms with Crippen molar-refractivity contribution >= 4 is 39.0 Å². The number of hydrazone groups is 1. The summed E-state index contributed by atoms with van der Waals surface area (Å²) in [7, 11) is 0. The van der Waals surface area contributed by atoms with Crippen molar-refractivity contribution in [2.45, 2.75) is 79.1 Å². The summed E-state index contributed by atoms with van der Waals surface area (Å²) in [4.78, 5) is 18.8. The summed E-state index contributed by atoms with van der Waals surface area (Å²) in [5.41, 5.74) is 10.5. The number of para-hydroxylation sites is 4. The number of aromatic nitrogens is 1. The Bertz CT molecular complexity index is 2090. The van der Waals surface area contributed by atoms with E-state index in [9.17, 15) is 4.79 Å². The van der Waals surface area contributed by atoms with E-state index in [4.69, 9.17) is 5.10 Å². The second kappa shape index (κ2) is 16.3. The van der Waals surface area contributed by atoms with Crippen LogP contribution in [0.25, 0.3) is 21.8 Å². The van der Waals surface area contributed by atoms with Crippen molar-refractivity contribution in [2.24, 2.45) is 5.10 Å². The molecular formula is C45H48AuN4O-2. The number of anilines is 2. The van der Waals surface area contributed by atoms with Crippen LogP contribution < -0.4 is 20.3 Å². The van der Waals surface area contributed by atoms with Gasteiger partial charge in [-0.1, -0.05) is 171 Å².